The van der Waals surface area contributed by atoms with E-state index in [0.29, 0.717) is 0 Å². The Morgan fingerprint density at radius 1 is 1.26 bits per heavy atom. The van der Waals surface area contributed by atoms with E-state index in [-0.39, 0.29) is 12.0 Å². The summed E-state index contributed by atoms with van der Waals surface area (Å²) in [5.41, 5.74) is -1.48. The Morgan fingerprint density at radius 3 is 2.16 bits per heavy atom. The fourth-order valence-electron chi connectivity index (χ4n) is 2.03. The van der Waals surface area contributed by atoms with Crippen LogP contribution in [0.2, 0.25) is 0 Å². The molecule has 0 aliphatic carbocycles. The predicted molar refractivity (Wildman–Crippen MR) is 62.7 cm³/mol. The summed E-state index contributed by atoms with van der Waals surface area (Å²) in [5, 5.41) is 18.5. The fraction of sp³-hybridized carbons (Fsp3) is 0.462. The third-order valence-corrected chi connectivity index (χ3v) is 3.26. The average Bonchev–Trinajstić information content (AvgIpc) is 2.35. The van der Waals surface area contributed by atoms with Crippen LogP contribution in [0.15, 0.2) is 30.3 Å². The van der Waals surface area contributed by atoms with Crippen LogP contribution >= 0.6 is 0 Å². The van der Waals surface area contributed by atoms with Crippen molar-refractivity contribution < 1.29 is 28.2 Å². The van der Waals surface area contributed by atoms with Gasteiger partial charge in [0.15, 0.2) is 6.10 Å². The molecule has 0 bridgehead atoms. The summed E-state index contributed by atoms with van der Waals surface area (Å²) in [6, 6.07) is 7.68. The number of aliphatic hydroxyl groups is 1. The van der Waals surface area contributed by atoms with Crippen molar-refractivity contribution in [2.75, 3.05) is 0 Å². The van der Waals surface area contributed by atoms with E-state index in [4.69, 9.17) is 0 Å². The van der Waals surface area contributed by atoms with Crippen LogP contribution in [0.25, 0.3) is 0 Å². The monoisotopic (exact) mass is 276 g/mol. The fourth-order valence-corrected chi connectivity index (χ4v) is 2.03. The number of aliphatic carboxylic acids is 1. The molecule has 2 atom stereocenters. The number of halogens is 3. The van der Waals surface area contributed by atoms with E-state index >= 15 is 0 Å². The Hall–Kier alpha value is -1.56. The van der Waals surface area contributed by atoms with E-state index in [1.54, 1.807) is 18.2 Å². The molecule has 1 aromatic carbocycles. The molecule has 6 heteroatoms. The van der Waals surface area contributed by atoms with Gasteiger partial charge in [0.25, 0.3) is 0 Å². The van der Waals surface area contributed by atoms with Crippen LogP contribution < -0.4 is 0 Å². The maximum atomic E-state index is 12.5. The van der Waals surface area contributed by atoms with E-state index in [2.05, 4.69) is 0 Å². The molecule has 0 aromatic heterocycles. The maximum Gasteiger partial charge on any atom is 0.414 e. The van der Waals surface area contributed by atoms with Crippen molar-refractivity contribution in [3.8, 4) is 0 Å². The second-order valence-electron chi connectivity index (χ2n) is 4.37. The van der Waals surface area contributed by atoms with Gasteiger partial charge in [-0.25, -0.2) is 0 Å². The van der Waals surface area contributed by atoms with Crippen LogP contribution in [-0.2, 0) is 10.2 Å². The molecule has 2 unspecified atom stereocenters. The smallest absolute Gasteiger partial charge is 0.414 e. The molecule has 0 heterocycles. The molecule has 0 saturated heterocycles. The van der Waals surface area contributed by atoms with Crippen LogP contribution in [0.1, 0.15) is 25.3 Å². The number of carboxylic acid groups (broad SMARTS) is 1. The van der Waals surface area contributed by atoms with E-state index in [0.717, 1.165) is 0 Å². The molecule has 1 aromatic rings. The first kappa shape index (κ1) is 15.5. The summed E-state index contributed by atoms with van der Waals surface area (Å²) < 4.78 is 37.4. The van der Waals surface area contributed by atoms with Gasteiger partial charge < -0.3 is 10.2 Å². The van der Waals surface area contributed by atoms with Crippen molar-refractivity contribution >= 4 is 5.97 Å². The first-order valence-corrected chi connectivity index (χ1v) is 5.77. The summed E-state index contributed by atoms with van der Waals surface area (Å²) >= 11 is 0. The van der Waals surface area contributed by atoms with Gasteiger partial charge in [-0.3, -0.25) is 4.79 Å². The topological polar surface area (TPSA) is 57.5 Å². The van der Waals surface area contributed by atoms with Crippen molar-refractivity contribution in [2.45, 2.75) is 37.5 Å². The van der Waals surface area contributed by atoms with Gasteiger partial charge in [0, 0.05) is 6.42 Å². The van der Waals surface area contributed by atoms with Crippen molar-refractivity contribution in [1.29, 1.82) is 0 Å². The zero-order valence-corrected chi connectivity index (χ0v) is 10.3. The normalized spacial score (nSPS) is 16.7. The Bertz CT molecular complexity index is 431. The van der Waals surface area contributed by atoms with Crippen LogP contribution in [-0.4, -0.2) is 28.5 Å². The van der Waals surface area contributed by atoms with Crippen molar-refractivity contribution in [3.63, 3.8) is 0 Å². The standard InChI is InChI=1S/C13H15F3O3/c1-2-12(11(18)19,8-10(17)13(14,15)16)9-6-4-3-5-7-9/h3-7,10,17H,2,8H2,1H3,(H,18,19). The van der Waals surface area contributed by atoms with Gasteiger partial charge >= 0.3 is 12.1 Å². The number of alkyl halides is 3. The maximum absolute atomic E-state index is 12.5. The zero-order chi connectivity index (χ0) is 14.7. The largest absolute Gasteiger partial charge is 0.481 e. The highest BCUT2D eigenvalue weighted by Crippen LogP contribution is 2.37. The highest BCUT2D eigenvalue weighted by Gasteiger charge is 2.48. The van der Waals surface area contributed by atoms with E-state index in [1.807, 2.05) is 0 Å². The Balaban J connectivity index is 3.18. The molecule has 0 spiro atoms. The minimum atomic E-state index is -4.83. The molecule has 0 aliphatic rings. The van der Waals surface area contributed by atoms with Crippen LogP contribution in [0.4, 0.5) is 13.2 Å². The van der Waals surface area contributed by atoms with E-state index < -0.39 is 30.1 Å². The molecule has 106 valence electrons. The minimum Gasteiger partial charge on any atom is -0.481 e. The van der Waals surface area contributed by atoms with Gasteiger partial charge in [-0.1, -0.05) is 37.3 Å². The quantitative estimate of drug-likeness (QED) is 0.869. The number of benzene rings is 1. The molecule has 1 rings (SSSR count). The SMILES string of the molecule is CCC(CC(O)C(F)(F)F)(C(=O)O)c1ccccc1. The average molecular weight is 276 g/mol. The third-order valence-electron chi connectivity index (χ3n) is 3.26. The Morgan fingerprint density at radius 2 is 1.79 bits per heavy atom. The van der Waals surface area contributed by atoms with Gasteiger partial charge in [-0.05, 0) is 12.0 Å². The molecule has 19 heavy (non-hydrogen) atoms. The lowest BCUT2D eigenvalue weighted by Crippen LogP contribution is -2.43. The lowest BCUT2D eigenvalue weighted by molar-refractivity contribution is -0.210. The lowest BCUT2D eigenvalue weighted by Gasteiger charge is -2.31. The number of rotatable bonds is 5. The molecule has 2 N–H and O–H groups in total. The molecule has 0 fully saturated rings. The van der Waals surface area contributed by atoms with Gasteiger partial charge in [0.1, 0.15) is 0 Å². The van der Waals surface area contributed by atoms with Gasteiger partial charge in [-0.2, -0.15) is 13.2 Å². The summed E-state index contributed by atoms with van der Waals surface area (Å²) in [5.74, 6) is -1.37. The van der Waals surface area contributed by atoms with Crippen LogP contribution in [0.3, 0.4) is 0 Å². The third kappa shape index (κ3) is 3.26. The molecular weight excluding hydrogens is 261 g/mol. The minimum absolute atomic E-state index is 0.0422. The summed E-state index contributed by atoms with van der Waals surface area (Å²) in [7, 11) is 0. The highest BCUT2D eigenvalue weighted by atomic mass is 19.4. The predicted octanol–water partition coefficient (Wildman–Crippen LogP) is 2.73. The lowest BCUT2D eigenvalue weighted by atomic mass is 9.74. The second-order valence-corrected chi connectivity index (χ2v) is 4.37. The highest BCUT2D eigenvalue weighted by molar-refractivity contribution is 5.81. The molecule has 3 nitrogen and oxygen atoms in total. The van der Waals surface area contributed by atoms with Crippen molar-refractivity contribution in [3.05, 3.63) is 35.9 Å². The van der Waals surface area contributed by atoms with Crippen molar-refractivity contribution in [2.24, 2.45) is 0 Å². The number of carbonyl (C=O) groups is 1. The molecule has 0 amide bonds. The van der Waals surface area contributed by atoms with E-state index in [9.17, 15) is 28.2 Å². The summed E-state index contributed by atoms with van der Waals surface area (Å²) in [6.45, 7) is 1.49. The van der Waals surface area contributed by atoms with E-state index in [1.165, 1.54) is 19.1 Å². The van der Waals surface area contributed by atoms with Crippen LogP contribution in [0.5, 0.6) is 0 Å². The Kier molecular flexibility index (Phi) is 4.57. The number of hydrogen-bond donors (Lipinski definition) is 2. The number of hydrogen-bond acceptors (Lipinski definition) is 2. The van der Waals surface area contributed by atoms with Gasteiger partial charge in [0.05, 0.1) is 5.41 Å². The Labute approximate surface area is 108 Å². The first-order chi connectivity index (χ1) is 8.74. The number of aliphatic hydroxyl groups excluding tert-OH is 1. The molecular formula is C13H15F3O3. The van der Waals surface area contributed by atoms with Crippen molar-refractivity contribution in [1.82, 2.24) is 0 Å². The molecule has 0 radical (unpaired) electrons. The second kappa shape index (κ2) is 5.61. The summed E-state index contributed by atoms with van der Waals surface area (Å²) in [4.78, 5) is 11.4. The van der Waals surface area contributed by atoms with Gasteiger partial charge in [0.2, 0.25) is 0 Å². The molecule has 0 aliphatic heterocycles. The zero-order valence-electron chi connectivity index (χ0n) is 10.3. The first-order valence-electron chi connectivity index (χ1n) is 5.77. The number of carboxylic acids is 1. The van der Waals surface area contributed by atoms with Crippen LogP contribution in [0, 0.1) is 0 Å². The summed E-state index contributed by atoms with van der Waals surface area (Å²) in [6.07, 6.45) is -8.43. The molecule has 0 saturated carbocycles. The van der Waals surface area contributed by atoms with Gasteiger partial charge in [-0.15, -0.1) is 0 Å².